The highest BCUT2D eigenvalue weighted by atomic mass is 16.6. The van der Waals surface area contributed by atoms with Gasteiger partial charge in [0, 0.05) is 5.39 Å². The topological polar surface area (TPSA) is 75.0 Å². The lowest BCUT2D eigenvalue weighted by Gasteiger charge is -2.08. The fourth-order valence-corrected chi connectivity index (χ4v) is 2.74. The highest BCUT2D eigenvalue weighted by Crippen LogP contribution is 2.30. The van der Waals surface area contributed by atoms with Gasteiger partial charge in [-0.2, -0.15) is 0 Å². The van der Waals surface area contributed by atoms with Gasteiger partial charge >= 0.3 is 11.9 Å². The van der Waals surface area contributed by atoms with Gasteiger partial charge in [0.15, 0.2) is 6.61 Å². The standard InChI is InChI=1S/C22H22O6/c1-14(2)27-22(24)21-15(3)28-19-10-9-17(11-18(19)21)25-13-20(23)26-12-16-7-5-4-6-8-16/h4-11,14H,12-13H2,1-3H3. The average Bonchev–Trinajstić information content (AvgIpc) is 3.00. The molecule has 0 atom stereocenters. The SMILES string of the molecule is Cc1oc2ccc(OCC(=O)OCc3ccccc3)cc2c1C(=O)OC(C)C. The van der Waals surface area contributed by atoms with Crippen LogP contribution in [0.2, 0.25) is 0 Å². The molecule has 1 aromatic heterocycles. The van der Waals surface area contributed by atoms with Crippen LogP contribution in [0.4, 0.5) is 0 Å². The number of fused-ring (bicyclic) bond motifs is 1. The maximum atomic E-state index is 12.4. The smallest absolute Gasteiger partial charge is 0.344 e. The highest BCUT2D eigenvalue weighted by molar-refractivity contribution is 6.05. The fraction of sp³-hybridized carbons (Fsp3) is 0.273. The summed E-state index contributed by atoms with van der Waals surface area (Å²) < 4.78 is 21.6. The zero-order valence-electron chi connectivity index (χ0n) is 16.1. The van der Waals surface area contributed by atoms with Gasteiger partial charge in [-0.15, -0.1) is 0 Å². The monoisotopic (exact) mass is 382 g/mol. The van der Waals surface area contributed by atoms with E-state index in [-0.39, 0.29) is 19.3 Å². The quantitative estimate of drug-likeness (QED) is 0.563. The summed E-state index contributed by atoms with van der Waals surface area (Å²) in [5.74, 6) is -0.0268. The van der Waals surface area contributed by atoms with Crippen LogP contribution in [-0.2, 0) is 20.9 Å². The van der Waals surface area contributed by atoms with Crippen molar-refractivity contribution in [3.8, 4) is 5.75 Å². The molecule has 3 aromatic rings. The van der Waals surface area contributed by atoms with Gasteiger partial charge in [0.25, 0.3) is 0 Å². The second-order valence-electron chi connectivity index (χ2n) is 6.58. The van der Waals surface area contributed by atoms with E-state index in [0.717, 1.165) is 5.56 Å². The van der Waals surface area contributed by atoms with E-state index in [1.165, 1.54) is 0 Å². The van der Waals surface area contributed by atoms with Gasteiger partial charge in [-0.05, 0) is 44.5 Å². The van der Waals surface area contributed by atoms with Crippen molar-refractivity contribution in [3.63, 3.8) is 0 Å². The molecule has 146 valence electrons. The maximum Gasteiger partial charge on any atom is 0.344 e. The molecule has 1 heterocycles. The normalized spacial score (nSPS) is 10.9. The van der Waals surface area contributed by atoms with Crippen molar-refractivity contribution in [2.24, 2.45) is 0 Å². The van der Waals surface area contributed by atoms with E-state index in [0.29, 0.717) is 28.0 Å². The van der Waals surface area contributed by atoms with Crippen molar-refractivity contribution in [1.29, 1.82) is 0 Å². The molecule has 6 heteroatoms. The number of aryl methyl sites for hydroxylation is 1. The molecule has 0 radical (unpaired) electrons. The molecule has 0 aliphatic heterocycles. The Morgan fingerprint density at radius 1 is 1.07 bits per heavy atom. The number of rotatable bonds is 7. The molecule has 0 N–H and O–H groups in total. The Hall–Kier alpha value is -3.28. The molecule has 0 bridgehead atoms. The number of benzene rings is 2. The first-order valence-electron chi connectivity index (χ1n) is 9.00. The Morgan fingerprint density at radius 3 is 2.54 bits per heavy atom. The third kappa shape index (κ3) is 4.71. The Labute approximate surface area is 163 Å². The predicted molar refractivity (Wildman–Crippen MR) is 103 cm³/mol. The number of esters is 2. The molecular weight excluding hydrogens is 360 g/mol. The average molecular weight is 382 g/mol. The number of hydrogen-bond acceptors (Lipinski definition) is 6. The van der Waals surface area contributed by atoms with Crippen LogP contribution in [0.25, 0.3) is 11.0 Å². The predicted octanol–water partition coefficient (Wildman–Crippen LogP) is 4.43. The van der Waals surface area contributed by atoms with Crippen molar-refractivity contribution < 1.29 is 28.2 Å². The zero-order valence-corrected chi connectivity index (χ0v) is 16.1. The van der Waals surface area contributed by atoms with Crippen LogP contribution in [0.1, 0.15) is 35.5 Å². The van der Waals surface area contributed by atoms with Crippen LogP contribution < -0.4 is 4.74 Å². The number of carbonyl (C=O) groups excluding carboxylic acids is 2. The van der Waals surface area contributed by atoms with Crippen molar-refractivity contribution in [3.05, 3.63) is 65.4 Å². The minimum Gasteiger partial charge on any atom is -0.482 e. The summed E-state index contributed by atoms with van der Waals surface area (Å²) in [6.45, 7) is 5.23. The lowest BCUT2D eigenvalue weighted by atomic mass is 10.1. The van der Waals surface area contributed by atoms with Crippen molar-refractivity contribution in [2.45, 2.75) is 33.5 Å². The van der Waals surface area contributed by atoms with Gasteiger partial charge in [-0.25, -0.2) is 9.59 Å². The van der Waals surface area contributed by atoms with Gasteiger partial charge < -0.3 is 18.6 Å². The summed E-state index contributed by atoms with van der Waals surface area (Å²) in [5.41, 5.74) is 1.81. The van der Waals surface area contributed by atoms with Crippen molar-refractivity contribution in [2.75, 3.05) is 6.61 Å². The fourth-order valence-electron chi connectivity index (χ4n) is 2.74. The second kappa shape index (κ2) is 8.61. The Balaban J connectivity index is 1.66. The molecule has 0 unspecified atom stereocenters. The van der Waals surface area contributed by atoms with E-state index in [9.17, 15) is 9.59 Å². The third-order valence-electron chi connectivity index (χ3n) is 3.98. The minimum atomic E-state index is -0.480. The molecule has 6 nitrogen and oxygen atoms in total. The van der Waals surface area contributed by atoms with Crippen LogP contribution in [0, 0.1) is 6.92 Å². The molecular formula is C22H22O6. The molecule has 28 heavy (non-hydrogen) atoms. The van der Waals surface area contributed by atoms with Gasteiger partial charge in [0.2, 0.25) is 0 Å². The molecule has 3 rings (SSSR count). The van der Waals surface area contributed by atoms with Gasteiger partial charge in [0.05, 0.1) is 6.10 Å². The Morgan fingerprint density at radius 2 is 1.82 bits per heavy atom. The van der Waals surface area contributed by atoms with Crippen molar-refractivity contribution >= 4 is 22.9 Å². The molecule has 0 fully saturated rings. The van der Waals surface area contributed by atoms with E-state index < -0.39 is 11.9 Å². The lowest BCUT2D eigenvalue weighted by molar-refractivity contribution is -0.147. The first kappa shape index (κ1) is 19.5. The van der Waals surface area contributed by atoms with E-state index in [2.05, 4.69) is 0 Å². The Kier molecular flexibility index (Phi) is 5.99. The summed E-state index contributed by atoms with van der Waals surface area (Å²) in [5, 5.41) is 0.582. The zero-order chi connectivity index (χ0) is 20.1. The lowest BCUT2D eigenvalue weighted by Crippen LogP contribution is -2.14. The number of hydrogen-bond donors (Lipinski definition) is 0. The molecule has 0 aliphatic carbocycles. The molecule has 0 saturated heterocycles. The van der Waals surface area contributed by atoms with Gasteiger partial charge in [-0.1, -0.05) is 30.3 Å². The summed E-state index contributed by atoms with van der Waals surface area (Å²) in [4.78, 5) is 24.3. The summed E-state index contributed by atoms with van der Waals surface area (Å²) >= 11 is 0. The second-order valence-corrected chi connectivity index (χ2v) is 6.58. The summed E-state index contributed by atoms with van der Waals surface area (Å²) in [6.07, 6.45) is -0.240. The van der Waals surface area contributed by atoms with Crippen LogP contribution in [0.15, 0.2) is 52.9 Å². The Bertz CT molecular complexity index is 971. The number of carbonyl (C=O) groups is 2. The molecule has 2 aromatic carbocycles. The third-order valence-corrected chi connectivity index (χ3v) is 3.98. The van der Waals surface area contributed by atoms with Gasteiger partial charge in [-0.3, -0.25) is 0 Å². The molecule has 0 saturated carbocycles. The first-order valence-corrected chi connectivity index (χ1v) is 9.00. The van der Waals surface area contributed by atoms with Crippen LogP contribution >= 0.6 is 0 Å². The number of ether oxygens (including phenoxy) is 3. The molecule has 0 spiro atoms. The summed E-state index contributed by atoms with van der Waals surface area (Å²) in [6, 6.07) is 14.4. The first-order chi connectivity index (χ1) is 13.4. The van der Waals surface area contributed by atoms with E-state index in [1.54, 1.807) is 39.0 Å². The van der Waals surface area contributed by atoms with Crippen LogP contribution in [0.3, 0.4) is 0 Å². The van der Waals surface area contributed by atoms with E-state index >= 15 is 0 Å². The largest absolute Gasteiger partial charge is 0.482 e. The summed E-state index contributed by atoms with van der Waals surface area (Å²) in [7, 11) is 0. The maximum absolute atomic E-state index is 12.4. The van der Waals surface area contributed by atoms with Crippen LogP contribution in [-0.4, -0.2) is 24.6 Å². The minimum absolute atomic E-state index is 0.189. The molecule has 0 aliphatic rings. The van der Waals surface area contributed by atoms with Gasteiger partial charge in [0.1, 0.15) is 29.3 Å². The molecule has 0 amide bonds. The number of furan rings is 1. The van der Waals surface area contributed by atoms with E-state index in [1.807, 2.05) is 30.3 Å². The van der Waals surface area contributed by atoms with E-state index in [4.69, 9.17) is 18.6 Å². The van der Waals surface area contributed by atoms with Crippen LogP contribution in [0.5, 0.6) is 5.75 Å². The highest BCUT2D eigenvalue weighted by Gasteiger charge is 2.21. The van der Waals surface area contributed by atoms with Crippen molar-refractivity contribution in [1.82, 2.24) is 0 Å².